The van der Waals surface area contributed by atoms with Gasteiger partial charge in [0.25, 0.3) is 0 Å². The molecular weight excluding hydrogens is 218 g/mol. The number of aliphatic hydroxyl groups excluding tert-OH is 1. The molecule has 0 radical (unpaired) electrons. The van der Waals surface area contributed by atoms with Crippen LogP contribution in [0.15, 0.2) is 4.99 Å². The predicted molar refractivity (Wildman–Crippen MR) is 56.5 cm³/mol. The first-order valence-corrected chi connectivity index (χ1v) is 5.77. The van der Waals surface area contributed by atoms with Gasteiger partial charge in [-0.15, -0.1) is 11.8 Å². The summed E-state index contributed by atoms with van der Waals surface area (Å²) in [5.74, 6) is 1.05. The number of hydrogen-bond acceptors (Lipinski definition) is 5. The molecule has 0 spiro atoms. The average Bonchev–Trinajstić information content (AvgIpc) is 2.66. The lowest BCUT2D eigenvalue weighted by atomic mass is 10.3. The lowest BCUT2D eigenvalue weighted by Crippen LogP contribution is -2.45. The van der Waals surface area contributed by atoms with Gasteiger partial charge in [0.15, 0.2) is 0 Å². The molecule has 6 nitrogen and oxygen atoms in total. The van der Waals surface area contributed by atoms with Crippen LogP contribution >= 0.6 is 11.8 Å². The standard InChI is InChI=1S/C8H13N3O3S/c9-5-1-2-11(8(13)10-5)6-4-15-7(3-12)14-6/h6-7,12H,1-4H2,(H2,9,10,13)/t6-,7+/m0/s1. The summed E-state index contributed by atoms with van der Waals surface area (Å²) >= 11 is 1.50. The van der Waals surface area contributed by atoms with Gasteiger partial charge < -0.3 is 15.6 Å². The Morgan fingerprint density at radius 1 is 1.73 bits per heavy atom. The molecule has 0 aromatic rings. The first kappa shape index (κ1) is 10.7. The number of hydrogen-bond donors (Lipinski definition) is 2. The number of nitrogens with two attached hydrogens (primary N) is 1. The minimum absolute atomic E-state index is 0.0331. The summed E-state index contributed by atoms with van der Waals surface area (Å²) in [6, 6.07) is -0.345. The smallest absolute Gasteiger partial charge is 0.347 e. The monoisotopic (exact) mass is 231 g/mol. The summed E-state index contributed by atoms with van der Waals surface area (Å²) in [5, 5.41) is 8.89. The number of amidine groups is 1. The third-order valence-electron chi connectivity index (χ3n) is 2.32. The van der Waals surface area contributed by atoms with E-state index < -0.39 is 0 Å². The fraction of sp³-hybridized carbons (Fsp3) is 0.750. The van der Waals surface area contributed by atoms with E-state index in [0.717, 1.165) is 0 Å². The molecule has 15 heavy (non-hydrogen) atoms. The number of aliphatic hydroxyl groups is 1. The molecule has 1 saturated heterocycles. The van der Waals surface area contributed by atoms with Crippen molar-refractivity contribution in [1.29, 1.82) is 0 Å². The molecule has 2 atom stereocenters. The minimum Gasteiger partial charge on any atom is -0.393 e. The first-order chi connectivity index (χ1) is 7.20. The lowest BCUT2D eigenvalue weighted by molar-refractivity contribution is -0.0352. The van der Waals surface area contributed by atoms with Crippen LogP contribution in [0.5, 0.6) is 0 Å². The number of urea groups is 1. The van der Waals surface area contributed by atoms with Gasteiger partial charge in [0.2, 0.25) is 0 Å². The van der Waals surface area contributed by atoms with Crippen LogP contribution in [0.25, 0.3) is 0 Å². The van der Waals surface area contributed by atoms with Gasteiger partial charge in [-0.25, -0.2) is 4.79 Å². The van der Waals surface area contributed by atoms with Gasteiger partial charge in [-0.2, -0.15) is 4.99 Å². The van der Waals surface area contributed by atoms with E-state index in [1.165, 1.54) is 11.8 Å². The second kappa shape index (κ2) is 4.38. The summed E-state index contributed by atoms with van der Waals surface area (Å²) in [6.45, 7) is 0.506. The number of ether oxygens (including phenoxy) is 1. The molecule has 3 N–H and O–H groups in total. The Morgan fingerprint density at radius 3 is 3.13 bits per heavy atom. The van der Waals surface area contributed by atoms with E-state index >= 15 is 0 Å². The molecule has 2 amide bonds. The molecule has 2 aliphatic rings. The Balaban J connectivity index is 1.98. The summed E-state index contributed by atoms with van der Waals surface area (Å²) in [6.07, 6.45) is 0.302. The maximum atomic E-state index is 11.5. The number of thioether (sulfide) groups is 1. The van der Waals surface area contributed by atoms with Crippen molar-refractivity contribution in [2.45, 2.75) is 18.1 Å². The van der Waals surface area contributed by atoms with Gasteiger partial charge >= 0.3 is 6.03 Å². The predicted octanol–water partition coefficient (Wildman–Crippen LogP) is -0.423. The molecule has 0 aliphatic carbocycles. The Kier molecular flexibility index (Phi) is 3.13. The van der Waals surface area contributed by atoms with Crippen molar-refractivity contribution in [1.82, 2.24) is 4.90 Å². The minimum atomic E-state index is -0.345. The Hall–Kier alpha value is -0.790. The molecule has 7 heteroatoms. The maximum Gasteiger partial charge on any atom is 0.347 e. The van der Waals surface area contributed by atoms with Crippen LogP contribution in [0, 0.1) is 0 Å². The molecule has 0 bridgehead atoms. The van der Waals surface area contributed by atoms with Crippen LogP contribution in [-0.2, 0) is 4.74 Å². The van der Waals surface area contributed by atoms with Gasteiger partial charge in [0.1, 0.15) is 17.5 Å². The third kappa shape index (κ3) is 2.24. The fourth-order valence-electron chi connectivity index (χ4n) is 1.54. The highest BCUT2D eigenvalue weighted by molar-refractivity contribution is 8.00. The zero-order valence-corrected chi connectivity index (χ0v) is 8.94. The molecule has 2 aliphatic heterocycles. The largest absolute Gasteiger partial charge is 0.393 e. The Morgan fingerprint density at radius 2 is 2.53 bits per heavy atom. The highest BCUT2D eigenvalue weighted by atomic mass is 32.2. The molecule has 1 fully saturated rings. The number of aliphatic imine (C=N–C) groups is 1. The second-order valence-corrected chi connectivity index (χ2v) is 4.56. The molecular formula is C8H13N3O3S. The van der Waals surface area contributed by atoms with Crippen molar-refractivity contribution < 1.29 is 14.6 Å². The van der Waals surface area contributed by atoms with E-state index in [4.69, 9.17) is 15.6 Å². The first-order valence-electron chi connectivity index (χ1n) is 4.72. The summed E-state index contributed by atoms with van der Waals surface area (Å²) < 4.78 is 5.46. The molecule has 0 aromatic carbocycles. The van der Waals surface area contributed by atoms with E-state index in [1.54, 1.807) is 4.90 Å². The summed E-state index contributed by atoms with van der Waals surface area (Å²) in [7, 11) is 0. The lowest BCUT2D eigenvalue weighted by Gasteiger charge is -2.28. The Labute approximate surface area is 91.5 Å². The van der Waals surface area contributed by atoms with Crippen molar-refractivity contribution in [2.75, 3.05) is 18.9 Å². The van der Waals surface area contributed by atoms with Crippen LogP contribution in [0.1, 0.15) is 6.42 Å². The molecule has 0 unspecified atom stereocenters. The quantitative estimate of drug-likeness (QED) is 0.673. The van der Waals surface area contributed by atoms with Crippen LogP contribution in [0.2, 0.25) is 0 Å². The van der Waals surface area contributed by atoms with Crippen LogP contribution in [0.4, 0.5) is 4.79 Å². The summed E-state index contributed by atoms with van der Waals surface area (Å²) in [5.41, 5.74) is 5.23. The number of rotatable bonds is 2. The molecule has 0 saturated carbocycles. The van der Waals surface area contributed by atoms with Gasteiger partial charge in [-0.3, -0.25) is 4.90 Å². The van der Waals surface area contributed by atoms with E-state index in [0.29, 0.717) is 24.6 Å². The SMILES string of the molecule is NC1=NC(=O)N([C@@H]2CS[C@H](CO)O2)CC1. The van der Waals surface area contributed by atoms with Crippen LogP contribution in [0.3, 0.4) is 0 Å². The maximum absolute atomic E-state index is 11.5. The van der Waals surface area contributed by atoms with Crippen LogP contribution in [-0.4, -0.2) is 52.4 Å². The topological polar surface area (TPSA) is 88.2 Å². The third-order valence-corrected chi connectivity index (χ3v) is 3.43. The van der Waals surface area contributed by atoms with Gasteiger partial charge in [-0.1, -0.05) is 0 Å². The second-order valence-electron chi connectivity index (χ2n) is 3.37. The molecule has 0 aromatic heterocycles. The van der Waals surface area contributed by atoms with E-state index in [9.17, 15) is 4.79 Å². The number of carbonyl (C=O) groups excluding carboxylic acids is 1. The van der Waals surface area contributed by atoms with Crippen molar-refractivity contribution in [3.05, 3.63) is 0 Å². The van der Waals surface area contributed by atoms with Gasteiger partial charge in [0, 0.05) is 18.7 Å². The number of nitrogens with zero attached hydrogens (tertiary/aromatic N) is 2. The Bertz CT molecular complexity index is 297. The van der Waals surface area contributed by atoms with Crippen molar-refractivity contribution in [3.63, 3.8) is 0 Å². The van der Waals surface area contributed by atoms with E-state index in [1.807, 2.05) is 0 Å². The summed E-state index contributed by atoms with van der Waals surface area (Å²) in [4.78, 5) is 16.7. The van der Waals surface area contributed by atoms with Crippen molar-refractivity contribution >= 4 is 23.6 Å². The molecule has 84 valence electrons. The fourth-order valence-corrected chi connectivity index (χ4v) is 2.49. The van der Waals surface area contributed by atoms with Gasteiger partial charge in [-0.05, 0) is 0 Å². The zero-order chi connectivity index (χ0) is 10.8. The zero-order valence-electron chi connectivity index (χ0n) is 8.13. The van der Waals surface area contributed by atoms with Crippen LogP contribution < -0.4 is 5.73 Å². The van der Waals surface area contributed by atoms with E-state index in [-0.39, 0.29) is 24.3 Å². The normalized spacial score (nSPS) is 31.9. The van der Waals surface area contributed by atoms with Gasteiger partial charge in [0.05, 0.1) is 6.61 Å². The van der Waals surface area contributed by atoms with E-state index in [2.05, 4.69) is 4.99 Å². The number of carbonyl (C=O) groups is 1. The van der Waals surface area contributed by atoms with Crippen molar-refractivity contribution in [2.24, 2.45) is 10.7 Å². The van der Waals surface area contributed by atoms with Crippen molar-refractivity contribution in [3.8, 4) is 0 Å². The highest BCUT2D eigenvalue weighted by Gasteiger charge is 2.34. The highest BCUT2D eigenvalue weighted by Crippen LogP contribution is 2.27. The molecule has 2 heterocycles. The molecule has 2 rings (SSSR count). The number of amides is 2. The average molecular weight is 231 g/mol.